The Balaban J connectivity index is 1.41. The van der Waals surface area contributed by atoms with E-state index in [1.807, 2.05) is 55.5 Å². The maximum absolute atomic E-state index is 12.9. The Morgan fingerprint density at radius 1 is 1.00 bits per heavy atom. The SMILES string of the molecule is C[C@H](NCC(=O)NN1C(=O)N[C@@](C)(c2ccccc2)C1=O)c1cccc2ccccc12. The normalized spacial score (nSPS) is 19.4. The van der Waals surface area contributed by atoms with E-state index in [9.17, 15) is 14.4 Å². The lowest BCUT2D eigenvalue weighted by Gasteiger charge is -2.22. The molecule has 7 heteroatoms. The highest BCUT2D eigenvalue weighted by Crippen LogP contribution is 2.27. The predicted molar refractivity (Wildman–Crippen MR) is 118 cm³/mol. The first-order valence-electron chi connectivity index (χ1n) is 10.1. The number of imide groups is 1. The van der Waals surface area contributed by atoms with Gasteiger partial charge in [-0.2, -0.15) is 5.01 Å². The zero-order valence-corrected chi connectivity index (χ0v) is 17.4. The van der Waals surface area contributed by atoms with Crippen LogP contribution >= 0.6 is 0 Å². The molecule has 0 spiro atoms. The van der Waals surface area contributed by atoms with Gasteiger partial charge in [-0.25, -0.2) is 4.79 Å². The zero-order chi connectivity index (χ0) is 22.0. The molecule has 1 heterocycles. The minimum atomic E-state index is -1.23. The van der Waals surface area contributed by atoms with Crippen molar-refractivity contribution in [2.24, 2.45) is 0 Å². The van der Waals surface area contributed by atoms with Crippen molar-refractivity contribution in [1.82, 2.24) is 21.1 Å². The number of nitrogens with one attached hydrogen (secondary N) is 3. The fourth-order valence-electron chi connectivity index (χ4n) is 3.86. The summed E-state index contributed by atoms with van der Waals surface area (Å²) in [6.45, 7) is 3.54. The second kappa shape index (κ2) is 8.20. The molecule has 3 N–H and O–H groups in total. The number of fused-ring (bicyclic) bond motifs is 1. The second-order valence-electron chi connectivity index (χ2n) is 7.77. The molecule has 1 fully saturated rings. The minimum absolute atomic E-state index is 0.0521. The van der Waals surface area contributed by atoms with Gasteiger partial charge >= 0.3 is 6.03 Å². The molecule has 1 saturated heterocycles. The highest BCUT2D eigenvalue weighted by Gasteiger charge is 2.49. The largest absolute Gasteiger partial charge is 0.344 e. The number of hydrazine groups is 1. The molecule has 3 aromatic carbocycles. The lowest BCUT2D eigenvalue weighted by atomic mass is 9.92. The first-order valence-corrected chi connectivity index (χ1v) is 10.1. The molecule has 4 rings (SSSR count). The lowest BCUT2D eigenvalue weighted by molar-refractivity contribution is -0.138. The molecular formula is C24H24N4O3. The van der Waals surface area contributed by atoms with Gasteiger partial charge in [0.2, 0.25) is 0 Å². The van der Waals surface area contributed by atoms with Gasteiger partial charge in [0.25, 0.3) is 11.8 Å². The first-order chi connectivity index (χ1) is 14.9. The van der Waals surface area contributed by atoms with Crippen LogP contribution in [0.25, 0.3) is 10.8 Å². The van der Waals surface area contributed by atoms with Crippen LogP contribution in [0.15, 0.2) is 72.8 Å². The van der Waals surface area contributed by atoms with E-state index in [4.69, 9.17) is 0 Å². The third-order valence-electron chi connectivity index (χ3n) is 5.64. The molecule has 0 aliphatic carbocycles. The maximum atomic E-state index is 12.9. The quantitative estimate of drug-likeness (QED) is 0.539. The molecule has 0 bridgehead atoms. The average molecular weight is 416 g/mol. The molecule has 2 atom stereocenters. The van der Waals surface area contributed by atoms with Crippen LogP contribution in [-0.4, -0.2) is 29.4 Å². The summed E-state index contributed by atoms with van der Waals surface area (Å²) < 4.78 is 0. The Morgan fingerprint density at radius 2 is 1.68 bits per heavy atom. The van der Waals surface area contributed by atoms with Gasteiger partial charge in [-0.05, 0) is 35.7 Å². The smallest absolute Gasteiger partial charge is 0.318 e. The molecule has 0 unspecified atom stereocenters. The summed E-state index contributed by atoms with van der Waals surface area (Å²) >= 11 is 0. The fourth-order valence-corrected chi connectivity index (χ4v) is 3.86. The van der Waals surface area contributed by atoms with Gasteiger partial charge in [0, 0.05) is 6.04 Å². The molecule has 1 aliphatic heterocycles. The summed E-state index contributed by atoms with van der Waals surface area (Å²) in [5.74, 6) is -1.01. The summed E-state index contributed by atoms with van der Waals surface area (Å²) in [4.78, 5) is 37.8. The summed E-state index contributed by atoms with van der Waals surface area (Å²) in [7, 11) is 0. The van der Waals surface area contributed by atoms with Crippen LogP contribution in [-0.2, 0) is 15.1 Å². The van der Waals surface area contributed by atoms with Crippen molar-refractivity contribution in [2.45, 2.75) is 25.4 Å². The topological polar surface area (TPSA) is 90.5 Å². The Morgan fingerprint density at radius 3 is 2.45 bits per heavy atom. The molecule has 3 aromatic rings. The van der Waals surface area contributed by atoms with E-state index in [0.29, 0.717) is 5.56 Å². The van der Waals surface area contributed by atoms with E-state index in [1.165, 1.54) is 0 Å². The van der Waals surface area contributed by atoms with Gasteiger partial charge in [0.15, 0.2) is 0 Å². The second-order valence-corrected chi connectivity index (χ2v) is 7.77. The molecular weight excluding hydrogens is 392 g/mol. The van der Waals surface area contributed by atoms with Gasteiger partial charge in [-0.15, -0.1) is 0 Å². The van der Waals surface area contributed by atoms with Crippen LogP contribution in [0.2, 0.25) is 0 Å². The number of rotatable bonds is 6. The number of urea groups is 1. The van der Waals surface area contributed by atoms with Crippen LogP contribution in [0.3, 0.4) is 0 Å². The number of carbonyl (C=O) groups is 3. The Labute approximate surface area is 180 Å². The van der Waals surface area contributed by atoms with Crippen molar-refractivity contribution in [3.05, 3.63) is 83.9 Å². The van der Waals surface area contributed by atoms with Crippen molar-refractivity contribution in [2.75, 3.05) is 6.54 Å². The predicted octanol–water partition coefficient (Wildman–Crippen LogP) is 2.99. The number of carbonyl (C=O) groups excluding carboxylic acids is 3. The maximum Gasteiger partial charge on any atom is 0.344 e. The van der Waals surface area contributed by atoms with Crippen LogP contribution < -0.4 is 16.1 Å². The third-order valence-corrected chi connectivity index (χ3v) is 5.64. The highest BCUT2D eigenvalue weighted by molar-refractivity contribution is 6.08. The number of hydrogen-bond acceptors (Lipinski definition) is 4. The van der Waals surface area contributed by atoms with Crippen molar-refractivity contribution in [1.29, 1.82) is 0 Å². The Kier molecular flexibility index (Phi) is 5.44. The molecule has 1 aliphatic rings. The molecule has 0 aromatic heterocycles. The molecule has 158 valence electrons. The number of hydrogen-bond donors (Lipinski definition) is 3. The van der Waals surface area contributed by atoms with E-state index in [0.717, 1.165) is 21.3 Å². The number of nitrogens with zero attached hydrogens (tertiary/aromatic N) is 1. The Bertz CT molecular complexity index is 1140. The van der Waals surface area contributed by atoms with E-state index in [2.05, 4.69) is 16.1 Å². The van der Waals surface area contributed by atoms with E-state index >= 15 is 0 Å². The summed E-state index contributed by atoms with van der Waals surface area (Å²) in [5, 5.41) is 8.81. The van der Waals surface area contributed by atoms with Crippen molar-refractivity contribution < 1.29 is 14.4 Å². The van der Waals surface area contributed by atoms with Gasteiger partial charge in [-0.3, -0.25) is 15.0 Å². The van der Waals surface area contributed by atoms with Crippen molar-refractivity contribution in [3.8, 4) is 0 Å². The van der Waals surface area contributed by atoms with Gasteiger partial charge in [0.05, 0.1) is 6.54 Å². The summed E-state index contributed by atoms with van der Waals surface area (Å²) in [6, 6.07) is 22.3. The minimum Gasteiger partial charge on any atom is -0.318 e. The highest BCUT2D eigenvalue weighted by atomic mass is 16.2. The zero-order valence-electron chi connectivity index (χ0n) is 17.4. The molecule has 0 radical (unpaired) electrons. The van der Waals surface area contributed by atoms with Gasteiger partial charge < -0.3 is 10.6 Å². The standard InChI is InChI=1S/C24H24N4O3/c1-16(19-14-8-10-17-9-6-7-13-20(17)19)25-15-21(29)27-28-22(30)24(2,26-23(28)31)18-11-4-3-5-12-18/h3-14,16,25H,15H2,1-2H3,(H,26,31)(H,27,29)/t16-,24-/m0/s1. The third kappa shape index (κ3) is 3.87. The van der Waals surface area contributed by atoms with E-state index < -0.39 is 23.4 Å². The molecule has 4 amide bonds. The number of benzene rings is 3. The summed E-state index contributed by atoms with van der Waals surface area (Å²) in [5.41, 5.74) is 2.90. The number of amides is 4. The molecule has 0 saturated carbocycles. The molecule has 31 heavy (non-hydrogen) atoms. The van der Waals surface area contributed by atoms with Crippen LogP contribution in [0, 0.1) is 0 Å². The average Bonchev–Trinajstić information content (AvgIpc) is 3.01. The monoisotopic (exact) mass is 416 g/mol. The summed E-state index contributed by atoms with van der Waals surface area (Å²) in [6.07, 6.45) is 0. The molecule has 7 nitrogen and oxygen atoms in total. The Hall–Kier alpha value is -3.71. The van der Waals surface area contributed by atoms with Crippen LogP contribution in [0.1, 0.15) is 31.0 Å². The lowest BCUT2D eigenvalue weighted by Crippen LogP contribution is -2.50. The van der Waals surface area contributed by atoms with Crippen molar-refractivity contribution in [3.63, 3.8) is 0 Å². The van der Waals surface area contributed by atoms with Crippen molar-refractivity contribution >= 4 is 28.6 Å². The van der Waals surface area contributed by atoms with Gasteiger partial charge in [-0.1, -0.05) is 72.8 Å². The van der Waals surface area contributed by atoms with Crippen LogP contribution in [0.5, 0.6) is 0 Å². The first kappa shape index (κ1) is 20.6. The van der Waals surface area contributed by atoms with Gasteiger partial charge in [0.1, 0.15) is 5.54 Å². The fraction of sp³-hybridized carbons (Fsp3) is 0.208. The van der Waals surface area contributed by atoms with E-state index in [1.54, 1.807) is 31.2 Å². The van der Waals surface area contributed by atoms with Crippen LogP contribution in [0.4, 0.5) is 4.79 Å². The van der Waals surface area contributed by atoms with E-state index in [-0.39, 0.29) is 12.6 Å².